The number of rotatable bonds is 4. The van der Waals surface area contributed by atoms with Crippen molar-refractivity contribution in [2.45, 2.75) is 39.7 Å². The summed E-state index contributed by atoms with van der Waals surface area (Å²) < 4.78 is 1.85. The monoisotopic (exact) mass is 342 g/mol. The molecule has 0 radical (unpaired) electrons. The standard InChI is InChI=1S/C19H26N4O2/c1-13(2)14(3)21-18(24)15-6-9-22(10-7-15)19(25)16-4-5-17-20-8-11-23(17)12-16/h4-5,8,11-15H,6-7,9-10H2,1-3H3,(H,21,24)/t14-/m0/s1. The molecule has 0 unspecified atom stereocenters. The number of likely N-dealkylation sites (tertiary alicyclic amines) is 1. The smallest absolute Gasteiger partial charge is 0.255 e. The molecule has 25 heavy (non-hydrogen) atoms. The van der Waals surface area contributed by atoms with Gasteiger partial charge in [0.15, 0.2) is 0 Å². The lowest BCUT2D eigenvalue weighted by Gasteiger charge is -2.32. The van der Waals surface area contributed by atoms with Crippen LogP contribution in [-0.2, 0) is 4.79 Å². The summed E-state index contributed by atoms with van der Waals surface area (Å²) in [5.41, 5.74) is 1.48. The van der Waals surface area contributed by atoms with Gasteiger partial charge >= 0.3 is 0 Å². The van der Waals surface area contributed by atoms with Crippen LogP contribution in [0.5, 0.6) is 0 Å². The molecule has 134 valence electrons. The minimum atomic E-state index is 0.00128. The summed E-state index contributed by atoms with van der Waals surface area (Å²) in [5, 5.41) is 3.09. The largest absolute Gasteiger partial charge is 0.353 e. The molecule has 6 nitrogen and oxygen atoms in total. The lowest BCUT2D eigenvalue weighted by molar-refractivity contribution is -0.127. The van der Waals surface area contributed by atoms with E-state index in [0.29, 0.717) is 24.6 Å². The number of hydrogen-bond donors (Lipinski definition) is 1. The van der Waals surface area contributed by atoms with Crippen LogP contribution in [0.1, 0.15) is 44.0 Å². The van der Waals surface area contributed by atoms with Crippen LogP contribution in [0.25, 0.3) is 5.65 Å². The second kappa shape index (κ2) is 7.25. The van der Waals surface area contributed by atoms with Gasteiger partial charge in [0.1, 0.15) is 5.65 Å². The van der Waals surface area contributed by atoms with Gasteiger partial charge in [0.25, 0.3) is 5.91 Å². The highest BCUT2D eigenvalue weighted by Crippen LogP contribution is 2.20. The second-order valence-electron chi connectivity index (χ2n) is 7.22. The third-order valence-corrected chi connectivity index (χ3v) is 5.16. The number of nitrogens with one attached hydrogen (secondary N) is 1. The number of nitrogens with zero attached hydrogens (tertiary/aromatic N) is 3. The van der Waals surface area contributed by atoms with E-state index in [1.807, 2.05) is 40.8 Å². The van der Waals surface area contributed by atoms with Gasteiger partial charge < -0.3 is 14.6 Å². The number of hydrogen-bond acceptors (Lipinski definition) is 3. The number of carbonyl (C=O) groups is 2. The molecule has 6 heteroatoms. The van der Waals surface area contributed by atoms with Crippen LogP contribution >= 0.6 is 0 Å². The predicted octanol–water partition coefficient (Wildman–Crippen LogP) is 2.35. The molecule has 1 aliphatic heterocycles. The predicted molar refractivity (Wildman–Crippen MR) is 96.3 cm³/mol. The second-order valence-corrected chi connectivity index (χ2v) is 7.22. The Bertz CT molecular complexity index is 760. The molecule has 3 heterocycles. The third kappa shape index (κ3) is 3.83. The molecule has 1 saturated heterocycles. The van der Waals surface area contributed by atoms with Gasteiger partial charge in [-0.05, 0) is 37.8 Å². The number of pyridine rings is 1. The van der Waals surface area contributed by atoms with E-state index in [0.717, 1.165) is 18.5 Å². The molecule has 1 aliphatic rings. The van der Waals surface area contributed by atoms with E-state index in [9.17, 15) is 9.59 Å². The first kappa shape index (κ1) is 17.5. The summed E-state index contributed by atoms with van der Waals surface area (Å²) >= 11 is 0. The zero-order valence-corrected chi connectivity index (χ0v) is 15.1. The molecule has 1 atom stereocenters. The first-order valence-corrected chi connectivity index (χ1v) is 8.98. The Kier molecular flexibility index (Phi) is 5.06. The number of amides is 2. The van der Waals surface area contributed by atoms with Crippen LogP contribution in [0.4, 0.5) is 0 Å². The third-order valence-electron chi connectivity index (χ3n) is 5.16. The lowest BCUT2D eigenvalue weighted by atomic mass is 9.94. The molecule has 0 bridgehead atoms. The normalized spacial score (nSPS) is 17.0. The Hall–Kier alpha value is -2.37. The summed E-state index contributed by atoms with van der Waals surface area (Å²) in [7, 11) is 0. The number of carbonyl (C=O) groups excluding carboxylic acids is 2. The van der Waals surface area contributed by atoms with Crippen LogP contribution in [0.15, 0.2) is 30.7 Å². The Morgan fingerprint density at radius 1 is 1.20 bits per heavy atom. The quantitative estimate of drug-likeness (QED) is 0.927. The molecule has 0 aromatic carbocycles. The van der Waals surface area contributed by atoms with Crippen molar-refractivity contribution >= 4 is 17.5 Å². The molecule has 0 spiro atoms. The summed E-state index contributed by atoms with van der Waals surface area (Å²) in [4.78, 5) is 31.1. The average Bonchev–Trinajstić information content (AvgIpc) is 3.08. The fraction of sp³-hybridized carbons (Fsp3) is 0.526. The molecule has 2 amide bonds. The molecule has 1 N–H and O–H groups in total. The highest BCUT2D eigenvalue weighted by Gasteiger charge is 2.28. The van der Waals surface area contributed by atoms with Gasteiger partial charge in [-0.25, -0.2) is 4.98 Å². The van der Waals surface area contributed by atoms with Crippen molar-refractivity contribution in [2.24, 2.45) is 11.8 Å². The van der Waals surface area contributed by atoms with Crippen molar-refractivity contribution in [1.82, 2.24) is 19.6 Å². The fourth-order valence-corrected chi connectivity index (χ4v) is 3.08. The molecule has 2 aromatic rings. The van der Waals surface area contributed by atoms with E-state index in [4.69, 9.17) is 0 Å². The van der Waals surface area contributed by atoms with Crippen molar-refractivity contribution in [2.75, 3.05) is 13.1 Å². The Balaban J connectivity index is 1.58. The van der Waals surface area contributed by atoms with E-state index >= 15 is 0 Å². The lowest BCUT2D eigenvalue weighted by Crippen LogP contribution is -2.45. The first-order valence-electron chi connectivity index (χ1n) is 8.98. The Morgan fingerprint density at radius 3 is 2.60 bits per heavy atom. The molecular formula is C19H26N4O2. The maximum atomic E-state index is 12.7. The van der Waals surface area contributed by atoms with Crippen LogP contribution in [0, 0.1) is 11.8 Å². The topological polar surface area (TPSA) is 66.7 Å². The summed E-state index contributed by atoms with van der Waals surface area (Å²) in [6.45, 7) is 7.48. The summed E-state index contributed by atoms with van der Waals surface area (Å²) in [6.07, 6.45) is 6.80. The van der Waals surface area contributed by atoms with Gasteiger partial charge in [-0.15, -0.1) is 0 Å². The van der Waals surface area contributed by atoms with Crippen LogP contribution in [-0.4, -0.2) is 45.2 Å². The van der Waals surface area contributed by atoms with Gasteiger partial charge in [-0.1, -0.05) is 13.8 Å². The van der Waals surface area contributed by atoms with Gasteiger partial charge in [-0.3, -0.25) is 9.59 Å². The maximum Gasteiger partial charge on any atom is 0.255 e. The van der Waals surface area contributed by atoms with E-state index in [1.165, 1.54) is 0 Å². The SMILES string of the molecule is CC(C)[C@H](C)NC(=O)C1CCN(C(=O)c2ccc3nccn3c2)CC1. The zero-order chi connectivity index (χ0) is 18.0. The van der Waals surface area contributed by atoms with Gasteiger partial charge in [0, 0.05) is 43.6 Å². The van der Waals surface area contributed by atoms with E-state index < -0.39 is 0 Å². The molecule has 0 saturated carbocycles. The van der Waals surface area contributed by atoms with Gasteiger partial charge in [0.05, 0.1) is 5.56 Å². The number of aromatic nitrogens is 2. The van der Waals surface area contributed by atoms with Gasteiger partial charge in [0.2, 0.25) is 5.91 Å². The van der Waals surface area contributed by atoms with Crippen LogP contribution in [0.3, 0.4) is 0 Å². The number of imidazole rings is 1. The first-order chi connectivity index (χ1) is 12.0. The van der Waals surface area contributed by atoms with E-state index in [2.05, 4.69) is 24.1 Å². The maximum absolute atomic E-state index is 12.7. The zero-order valence-electron chi connectivity index (χ0n) is 15.1. The van der Waals surface area contributed by atoms with Crippen molar-refractivity contribution < 1.29 is 9.59 Å². The summed E-state index contributed by atoms with van der Waals surface area (Å²) in [6, 6.07) is 3.84. The van der Waals surface area contributed by atoms with E-state index in [1.54, 1.807) is 6.20 Å². The molecule has 3 rings (SSSR count). The average molecular weight is 342 g/mol. The van der Waals surface area contributed by atoms with Crippen molar-refractivity contribution in [3.8, 4) is 0 Å². The number of fused-ring (bicyclic) bond motifs is 1. The number of piperidine rings is 1. The van der Waals surface area contributed by atoms with Crippen molar-refractivity contribution in [3.63, 3.8) is 0 Å². The minimum absolute atomic E-state index is 0.00128. The molecule has 0 aliphatic carbocycles. The Labute approximate surface area is 148 Å². The highest BCUT2D eigenvalue weighted by atomic mass is 16.2. The van der Waals surface area contributed by atoms with E-state index in [-0.39, 0.29) is 23.8 Å². The van der Waals surface area contributed by atoms with Crippen LogP contribution < -0.4 is 5.32 Å². The Morgan fingerprint density at radius 2 is 1.92 bits per heavy atom. The van der Waals surface area contributed by atoms with Crippen molar-refractivity contribution in [1.29, 1.82) is 0 Å². The molecule has 2 aromatic heterocycles. The fourth-order valence-electron chi connectivity index (χ4n) is 3.08. The van der Waals surface area contributed by atoms with Crippen LogP contribution in [0.2, 0.25) is 0 Å². The minimum Gasteiger partial charge on any atom is -0.353 e. The highest BCUT2D eigenvalue weighted by molar-refractivity contribution is 5.94. The summed E-state index contributed by atoms with van der Waals surface area (Å²) in [5.74, 6) is 0.559. The molecular weight excluding hydrogens is 316 g/mol. The van der Waals surface area contributed by atoms with Gasteiger partial charge in [-0.2, -0.15) is 0 Å². The van der Waals surface area contributed by atoms with Crippen molar-refractivity contribution in [3.05, 3.63) is 36.3 Å². The molecule has 1 fully saturated rings.